The van der Waals surface area contributed by atoms with Crippen LogP contribution in [0.1, 0.15) is 0 Å². The maximum Gasteiger partial charge on any atom is 0.135 e. The maximum absolute atomic E-state index is 6.19. The van der Waals surface area contributed by atoms with E-state index in [0.717, 1.165) is 50.4 Å². The molecule has 0 amide bonds. The summed E-state index contributed by atoms with van der Waals surface area (Å²) in [6, 6.07) is 76.2. The standard InChI is InChI=1S/C54H35N3O/c1-3-13-38(14-4-1)55(42-29-32-54-48(35-42)46-19-9-12-22-53(46)58-54)40-25-27-41(28-26-40)56-50-21-11-8-18-44(50)47-33-36(24-31-51(47)56)37-23-30-45-43-17-7-10-20-49(43)57(52(45)34-37)39-15-5-2-6-16-39/h1-35H. The normalized spacial score (nSPS) is 11.8. The lowest BCUT2D eigenvalue weighted by Gasteiger charge is -2.26. The Morgan fingerprint density at radius 1 is 0.293 bits per heavy atom. The predicted molar refractivity (Wildman–Crippen MR) is 243 cm³/mol. The zero-order valence-electron chi connectivity index (χ0n) is 31.5. The van der Waals surface area contributed by atoms with Crippen molar-refractivity contribution < 1.29 is 4.42 Å². The molecule has 0 unspecified atom stereocenters. The third-order valence-corrected chi connectivity index (χ3v) is 11.7. The molecule has 3 aromatic heterocycles. The molecule has 0 aliphatic rings. The Labute approximate surface area is 334 Å². The lowest BCUT2D eigenvalue weighted by molar-refractivity contribution is 0.669. The van der Waals surface area contributed by atoms with Crippen LogP contribution in [0.25, 0.3) is 88.1 Å². The van der Waals surface area contributed by atoms with Gasteiger partial charge in [0.1, 0.15) is 11.2 Å². The van der Waals surface area contributed by atoms with Crippen LogP contribution in [0.2, 0.25) is 0 Å². The molecule has 0 radical (unpaired) electrons. The smallest absolute Gasteiger partial charge is 0.135 e. The predicted octanol–water partition coefficient (Wildman–Crippen LogP) is 14.9. The average Bonchev–Trinajstić information content (AvgIpc) is 3.94. The summed E-state index contributed by atoms with van der Waals surface area (Å²) in [6.07, 6.45) is 0. The molecular weight excluding hydrogens is 707 g/mol. The van der Waals surface area contributed by atoms with Crippen molar-refractivity contribution in [3.8, 4) is 22.5 Å². The summed E-state index contributed by atoms with van der Waals surface area (Å²) in [6.45, 7) is 0. The largest absolute Gasteiger partial charge is 0.456 e. The first-order valence-corrected chi connectivity index (χ1v) is 19.8. The number of hydrogen-bond donors (Lipinski definition) is 0. The van der Waals surface area contributed by atoms with E-state index in [2.05, 4.69) is 214 Å². The van der Waals surface area contributed by atoms with Crippen molar-refractivity contribution >= 4 is 82.6 Å². The van der Waals surface area contributed by atoms with E-state index in [1.165, 1.54) is 54.7 Å². The molecule has 0 saturated heterocycles. The third kappa shape index (κ3) is 5.02. The van der Waals surface area contributed by atoms with Crippen LogP contribution in [0.4, 0.5) is 17.1 Å². The summed E-state index contributed by atoms with van der Waals surface area (Å²) >= 11 is 0. The first-order chi connectivity index (χ1) is 28.8. The summed E-state index contributed by atoms with van der Waals surface area (Å²) in [5.41, 5.74) is 14.5. The second-order valence-corrected chi connectivity index (χ2v) is 15.0. The minimum atomic E-state index is 0.888. The minimum absolute atomic E-state index is 0.888. The van der Waals surface area contributed by atoms with Crippen molar-refractivity contribution in [2.24, 2.45) is 0 Å². The first kappa shape index (κ1) is 32.4. The Kier molecular flexibility index (Phi) is 7.20. The Balaban J connectivity index is 0.972. The zero-order valence-corrected chi connectivity index (χ0v) is 31.5. The number of para-hydroxylation sites is 5. The molecule has 0 spiro atoms. The van der Waals surface area contributed by atoms with Gasteiger partial charge in [-0.1, -0.05) is 109 Å². The van der Waals surface area contributed by atoms with Crippen LogP contribution in [0.3, 0.4) is 0 Å². The Morgan fingerprint density at radius 3 is 1.59 bits per heavy atom. The van der Waals surface area contributed by atoms with Crippen LogP contribution in [-0.2, 0) is 0 Å². The fraction of sp³-hybridized carbons (Fsp3) is 0. The van der Waals surface area contributed by atoms with E-state index in [1.54, 1.807) is 0 Å². The van der Waals surface area contributed by atoms with Gasteiger partial charge >= 0.3 is 0 Å². The second kappa shape index (κ2) is 12.9. The molecule has 3 heterocycles. The van der Waals surface area contributed by atoms with Crippen LogP contribution in [0.5, 0.6) is 0 Å². The molecule has 58 heavy (non-hydrogen) atoms. The fourth-order valence-corrected chi connectivity index (χ4v) is 9.06. The topological polar surface area (TPSA) is 26.2 Å². The van der Waals surface area contributed by atoms with Gasteiger partial charge in [0.2, 0.25) is 0 Å². The van der Waals surface area contributed by atoms with Gasteiger partial charge in [-0.15, -0.1) is 0 Å². The highest BCUT2D eigenvalue weighted by molar-refractivity contribution is 6.12. The lowest BCUT2D eigenvalue weighted by atomic mass is 10.0. The van der Waals surface area contributed by atoms with Gasteiger partial charge in [-0.2, -0.15) is 0 Å². The van der Waals surface area contributed by atoms with Crippen LogP contribution in [0.15, 0.2) is 217 Å². The number of fused-ring (bicyclic) bond motifs is 9. The molecule has 0 saturated carbocycles. The van der Waals surface area contributed by atoms with Crippen molar-refractivity contribution in [2.45, 2.75) is 0 Å². The fourth-order valence-electron chi connectivity index (χ4n) is 9.06. The Morgan fingerprint density at radius 2 is 0.810 bits per heavy atom. The molecule has 9 aromatic carbocycles. The summed E-state index contributed by atoms with van der Waals surface area (Å²) in [5, 5.41) is 7.20. The molecule has 4 heteroatoms. The number of nitrogens with zero attached hydrogens (tertiary/aromatic N) is 3. The maximum atomic E-state index is 6.19. The zero-order chi connectivity index (χ0) is 38.2. The van der Waals surface area contributed by atoms with E-state index in [9.17, 15) is 0 Å². The molecule has 272 valence electrons. The number of benzene rings is 9. The highest BCUT2D eigenvalue weighted by Crippen LogP contribution is 2.41. The van der Waals surface area contributed by atoms with Crippen molar-refractivity contribution in [3.63, 3.8) is 0 Å². The summed E-state index contributed by atoms with van der Waals surface area (Å²) in [4.78, 5) is 2.32. The second-order valence-electron chi connectivity index (χ2n) is 15.0. The van der Waals surface area contributed by atoms with Gasteiger partial charge in [-0.05, 0) is 114 Å². The minimum Gasteiger partial charge on any atom is -0.456 e. The monoisotopic (exact) mass is 741 g/mol. The molecule has 0 aliphatic carbocycles. The van der Waals surface area contributed by atoms with E-state index in [4.69, 9.17) is 4.42 Å². The number of hydrogen-bond acceptors (Lipinski definition) is 2. The van der Waals surface area contributed by atoms with Crippen LogP contribution in [0, 0.1) is 0 Å². The number of anilines is 3. The van der Waals surface area contributed by atoms with Gasteiger partial charge in [-0.3, -0.25) is 0 Å². The summed E-state index contributed by atoms with van der Waals surface area (Å²) in [7, 11) is 0. The molecule has 0 fully saturated rings. The van der Waals surface area contributed by atoms with E-state index >= 15 is 0 Å². The number of aromatic nitrogens is 2. The molecule has 0 bridgehead atoms. The summed E-state index contributed by atoms with van der Waals surface area (Å²) in [5.74, 6) is 0. The highest BCUT2D eigenvalue weighted by atomic mass is 16.3. The van der Waals surface area contributed by atoms with Gasteiger partial charge < -0.3 is 18.5 Å². The van der Waals surface area contributed by atoms with E-state index in [1.807, 2.05) is 12.1 Å². The van der Waals surface area contributed by atoms with Crippen LogP contribution in [-0.4, -0.2) is 9.13 Å². The van der Waals surface area contributed by atoms with Gasteiger partial charge in [0.05, 0.1) is 22.1 Å². The van der Waals surface area contributed by atoms with Crippen LogP contribution < -0.4 is 4.90 Å². The lowest BCUT2D eigenvalue weighted by Crippen LogP contribution is -2.09. The van der Waals surface area contributed by atoms with E-state index in [0.29, 0.717) is 0 Å². The van der Waals surface area contributed by atoms with E-state index in [-0.39, 0.29) is 0 Å². The summed E-state index contributed by atoms with van der Waals surface area (Å²) < 4.78 is 11.0. The highest BCUT2D eigenvalue weighted by Gasteiger charge is 2.18. The number of rotatable bonds is 6. The van der Waals surface area contributed by atoms with Gasteiger partial charge in [0.25, 0.3) is 0 Å². The van der Waals surface area contributed by atoms with Crippen molar-refractivity contribution in [1.82, 2.24) is 9.13 Å². The molecule has 12 aromatic rings. The SMILES string of the molecule is c1ccc(N(c2ccc(-n3c4ccccc4c4cc(-c5ccc6c7ccccc7n(-c7ccccc7)c6c5)ccc43)cc2)c2ccc3oc4ccccc4c3c2)cc1. The molecule has 0 aliphatic heterocycles. The third-order valence-electron chi connectivity index (χ3n) is 11.7. The quantitative estimate of drug-likeness (QED) is 0.170. The van der Waals surface area contributed by atoms with Gasteiger partial charge in [0, 0.05) is 60.8 Å². The molecule has 0 N–H and O–H groups in total. The number of furan rings is 1. The molecule has 12 rings (SSSR count). The van der Waals surface area contributed by atoms with E-state index < -0.39 is 0 Å². The van der Waals surface area contributed by atoms with Gasteiger partial charge in [0.15, 0.2) is 0 Å². The Bertz CT molecular complexity index is 3500. The van der Waals surface area contributed by atoms with Crippen molar-refractivity contribution in [2.75, 3.05) is 4.90 Å². The van der Waals surface area contributed by atoms with Crippen molar-refractivity contribution in [3.05, 3.63) is 212 Å². The van der Waals surface area contributed by atoms with Crippen LogP contribution >= 0.6 is 0 Å². The Hall–Kier alpha value is -7.82. The average molecular weight is 742 g/mol. The van der Waals surface area contributed by atoms with Gasteiger partial charge in [-0.25, -0.2) is 0 Å². The van der Waals surface area contributed by atoms with Crippen molar-refractivity contribution in [1.29, 1.82) is 0 Å². The molecule has 0 atom stereocenters. The first-order valence-electron chi connectivity index (χ1n) is 19.8. The molecular formula is C54H35N3O. The molecule has 4 nitrogen and oxygen atoms in total.